The molecule has 2 aliphatic rings. The molecule has 0 aromatic carbocycles. The van der Waals surface area contributed by atoms with Crippen LogP contribution in [0.4, 0.5) is 0 Å². The summed E-state index contributed by atoms with van der Waals surface area (Å²) in [6.45, 7) is 5.06. The third-order valence-electron chi connectivity index (χ3n) is 3.88. The molecule has 0 radical (unpaired) electrons. The van der Waals surface area contributed by atoms with E-state index in [4.69, 9.17) is 4.74 Å². The molecule has 1 saturated heterocycles. The number of nitrogens with zero attached hydrogens (tertiary/aromatic N) is 3. The minimum absolute atomic E-state index is 0.379. The Balaban J connectivity index is 1.91. The molecular weight excluding hydrogens is 202 g/mol. The summed E-state index contributed by atoms with van der Waals surface area (Å²) in [4.78, 5) is 2.42. The fraction of sp³-hybridized carbons (Fsp3) is 0.750. The summed E-state index contributed by atoms with van der Waals surface area (Å²) in [5.41, 5.74) is 1.72. The molecule has 0 saturated carbocycles. The first-order valence-corrected chi connectivity index (χ1v) is 6.04. The van der Waals surface area contributed by atoms with Gasteiger partial charge in [-0.05, 0) is 26.0 Å². The van der Waals surface area contributed by atoms with Gasteiger partial charge in [0.05, 0.1) is 5.69 Å². The standard InChI is InChI=1S/C12H19N3O/c1-14-8-11-2-5-13-15(11)10-12(9-14)3-6-16-7-4-12/h2,5H,3-4,6-10H2,1H3. The molecule has 3 heterocycles. The molecule has 0 N–H and O–H groups in total. The van der Waals surface area contributed by atoms with Crippen LogP contribution < -0.4 is 0 Å². The monoisotopic (exact) mass is 221 g/mol. The number of hydrogen-bond acceptors (Lipinski definition) is 3. The molecule has 0 aliphatic carbocycles. The number of ether oxygens (including phenoxy) is 1. The fourth-order valence-electron chi connectivity index (χ4n) is 3.03. The zero-order valence-corrected chi connectivity index (χ0v) is 9.85. The lowest BCUT2D eigenvalue weighted by Gasteiger charge is -2.38. The molecule has 0 unspecified atom stereocenters. The summed E-state index contributed by atoms with van der Waals surface area (Å²) in [7, 11) is 2.21. The van der Waals surface area contributed by atoms with E-state index >= 15 is 0 Å². The van der Waals surface area contributed by atoms with Gasteiger partial charge >= 0.3 is 0 Å². The van der Waals surface area contributed by atoms with Crippen molar-refractivity contribution in [3.8, 4) is 0 Å². The molecule has 3 rings (SSSR count). The first-order chi connectivity index (χ1) is 7.77. The Bertz CT molecular complexity index is 368. The Labute approximate surface area is 96.2 Å². The molecule has 16 heavy (non-hydrogen) atoms. The summed E-state index contributed by atoms with van der Waals surface area (Å²) in [6, 6.07) is 2.13. The molecular formula is C12H19N3O. The summed E-state index contributed by atoms with van der Waals surface area (Å²) in [5, 5.41) is 4.45. The lowest BCUT2D eigenvalue weighted by molar-refractivity contribution is -0.00743. The van der Waals surface area contributed by atoms with Gasteiger partial charge in [-0.3, -0.25) is 9.58 Å². The van der Waals surface area contributed by atoms with Crippen LogP contribution in [-0.4, -0.2) is 41.5 Å². The van der Waals surface area contributed by atoms with E-state index in [1.165, 1.54) is 12.2 Å². The van der Waals surface area contributed by atoms with Gasteiger partial charge in [0.1, 0.15) is 0 Å². The van der Waals surface area contributed by atoms with E-state index in [2.05, 4.69) is 27.8 Å². The van der Waals surface area contributed by atoms with Crippen molar-refractivity contribution in [2.24, 2.45) is 5.41 Å². The summed E-state index contributed by atoms with van der Waals surface area (Å²) in [5.74, 6) is 0. The van der Waals surface area contributed by atoms with Crippen LogP contribution in [0.1, 0.15) is 18.5 Å². The zero-order valence-electron chi connectivity index (χ0n) is 9.85. The first kappa shape index (κ1) is 10.3. The Morgan fingerprint density at radius 3 is 2.94 bits per heavy atom. The van der Waals surface area contributed by atoms with Crippen LogP contribution in [0, 0.1) is 5.41 Å². The van der Waals surface area contributed by atoms with E-state index in [1.807, 2.05) is 6.20 Å². The second-order valence-corrected chi connectivity index (χ2v) is 5.26. The van der Waals surface area contributed by atoms with Crippen molar-refractivity contribution >= 4 is 0 Å². The van der Waals surface area contributed by atoms with Gasteiger partial charge in [0.15, 0.2) is 0 Å². The molecule has 1 fully saturated rings. The smallest absolute Gasteiger partial charge is 0.0524 e. The van der Waals surface area contributed by atoms with Gasteiger partial charge in [-0.2, -0.15) is 5.10 Å². The van der Waals surface area contributed by atoms with Crippen LogP contribution in [0.2, 0.25) is 0 Å². The fourth-order valence-corrected chi connectivity index (χ4v) is 3.03. The molecule has 1 aromatic heterocycles. The highest BCUT2D eigenvalue weighted by atomic mass is 16.5. The Hall–Kier alpha value is -0.870. The number of fused-ring (bicyclic) bond motifs is 1. The van der Waals surface area contributed by atoms with E-state index in [0.29, 0.717) is 5.41 Å². The van der Waals surface area contributed by atoms with Crippen LogP contribution in [0.25, 0.3) is 0 Å². The average Bonchev–Trinajstić information content (AvgIpc) is 2.61. The highest BCUT2D eigenvalue weighted by molar-refractivity contribution is 5.04. The second kappa shape index (κ2) is 3.86. The van der Waals surface area contributed by atoms with Crippen LogP contribution >= 0.6 is 0 Å². The van der Waals surface area contributed by atoms with Crippen molar-refractivity contribution < 1.29 is 4.74 Å². The summed E-state index contributed by atoms with van der Waals surface area (Å²) >= 11 is 0. The maximum Gasteiger partial charge on any atom is 0.0524 e. The normalized spacial score (nSPS) is 25.3. The molecule has 88 valence electrons. The van der Waals surface area contributed by atoms with E-state index in [1.54, 1.807) is 0 Å². The van der Waals surface area contributed by atoms with Gasteiger partial charge in [0.25, 0.3) is 0 Å². The van der Waals surface area contributed by atoms with Gasteiger partial charge in [-0.15, -0.1) is 0 Å². The van der Waals surface area contributed by atoms with Gasteiger partial charge in [0.2, 0.25) is 0 Å². The highest BCUT2D eigenvalue weighted by Gasteiger charge is 2.36. The van der Waals surface area contributed by atoms with Gasteiger partial charge in [-0.25, -0.2) is 0 Å². The maximum atomic E-state index is 5.49. The molecule has 0 amide bonds. The SMILES string of the molecule is CN1Cc2ccnn2CC2(CCOCC2)C1. The van der Waals surface area contributed by atoms with Crippen LogP contribution in [0.3, 0.4) is 0 Å². The molecule has 1 aromatic rings. The topological polar surface area (TPSA) is 30.3 Å². The molecule has 4 heteroatoms. The van der Waals surface area contributed by atoms with Gasteiger partial charge in [-0.1, -0.05) is 0 Å². The lowest BCUT2D eigenvalue weighted by atomic mass is 9.80. The number of rotatable bonds is 0. The van der Waals surface area contributed by atoms with Crippen molar-refractivity contribution in [3.63, 3.8) is 0 Å². The Morgan fingerprint density at radius 1 is 1.31 bits per heavy atom. The number of aromatic nitrogens is 2. The highest BCUT2D eigenvalue weighted by Crippen LogP contribution is 2.35. The van der Waals surface area contributed by atoms with E-state index in [9.17, 15) is 0 Å². The third kappa shape index (κ3) is 1.76. The lowest BCUT2D eigenvalue weighted by Crippen LogP contribution is -2.40. The van der Waals surface area contributed by atoms with Crippen LogP contribution in [-0.2, 0) is 17.8 Å². The average molecular weight is 221 g/mol. The summed E-state index contributed by atoms with van der Waals surface area (Å²) in [6.07, 6.45) is 4.24. The maximum absolute atomic E-state index is 5.49. The van der Waals surface area contributed by atoms with Crippen molar-refractivity contribution in [3.05, 3.63) is 18.0 Å². The minimum atomic E-state index is 0.379. The second-order valence-electron chi connectivity index (χ2n) is 5.26. The Morgan fingerprint density at radius 2 is 2.12 bits per heavy atom. The van der Waals surface area contributed by atoms with E-state index in [0.717, 1.165) is 39.1 Å². The molecule has 0 bridgehead atoms. The molecule has 1 spiro atoms. The third-order valence-corrected chi connectivity index (χ3v) is 3.88. The van der Waals surface area contributed by atoms with Gasteiger partial charge < -0.3 is 4.74 Å². The zero-order chi connectivity index (χ0) is 11.0. The van der Waals surface area contributed by atoms with Crippen molar-refractivity contribution in [2.75, 3.05) is 26.8 Å². The van der Waals surface area contributed by atoms with E-state index in [-0.39, 0.29) is 0 Å². The predicted octanol–water partition coefficient (Wildman–Crippen LogP) is 1.13. The first-order valence-electron chi connectivity index (χ1n) is 6.04. The summed E-state index contributed by atoms with van der Waals surface area (Å²) < 4.78 is 7.68. The Kier molecular flexibility index (Phi) is 2.48. The van der Waals surface area contributed by atoms with Crippen LogP contribution in [0.5, 0.6) is 0 Å². The van der Waals surface area contributed by atoms with Crippen LogP contribution in [0.15, 0.2) is 12.3 Å². The quantitative estimate of drug-likeness (QED) is 0.658. The van der Waals surface area contributed by atoms with E-state index < -0.39 is 0 Å². The molecule has 4 nitrogen and oxygen atoms in total. The van der Waals surface area contributed by atoms with Gasteiger partial charge in [0, 0.05) is 44.5 Å². The minimum Gasteiger partial charge on any atom is -0.381 e. The predicted molar refractivity (Wildman–Crippen MR) is 61.0 cm³/mol. The van der Waals surface area contributed by atoms with Crippen molar-refractivity contribution in [2.45, 2.75) is 25.9 Å². The molecule has 2 aliphatic heterocycles. The number of hydrogen-bond donors (Lipinski definition) is 0. The van der Waals surface area contributed by atoms with Crippen molar-refractivity contribution in [1.82, 2.24) is 14.7 Å². The molecule has 0 atom stereocenters. The van der Waals surface area contributed by atoms with Crippen molar-refractivity contribution in [1.29, 1.82) is 0 Å². The largest absolute Gasteiger partial charge is 0.381 e.